The van der Waals surface area contributed by atoms with Crippen molar-refractivity contribution in [3.63, 3.8) is 0 Å². The zero-order valence-corrected chi connectivity index (χ0v) is 11.2. The van der Waals surface area contributed by atoms with Crippen LogP contribution in [0.5, 0.6) is 0 Å². The van der Waals surface area contributed by atoms with Gasteiger partial charge in [0.2, 0.25) is 5.91 Å². The Hall–Kier alpha value is -0.700. The van der Waals surface area contributed by atoms with Crippen molar-refractivity contribution in [3.8, 4) is 0 Å². The van der Waals surface area contributed by atoms with Crippen molar-refractivity contribution >= 4 is 16.1 Å². The molecule has 0 aromatic carbocycles. The largest absolute Gasteiger partial charge is 0.342 e. The van der Waals surface area contributed by atoms with Gasteiger partial charge in [0.05, 0.1) is 6.54 Å². The number of hydrogen-bond acceptors (Lipinski definition) is 4. The van der Waals surface area contributed by atoms with Crippen LogP contribution < -0.4 is 10.0 Å². The maximum absolute atomic E-state index is 11.9. The molecule has 2 aliphatic heterocycles. The van der Waals surface area contributed by atoms with E-state index < -0.39 is 10.2 Å². The number of rotatable bonds is 4. The molecule has 0 aromatic heterocycles. The molecular weight excluding hydrogens is 256 g/mol. The summed E-state index contributed by atoms with van der Waals surface area (Å²) in [5, 5.41) is 3.09. The van der Waals surface area contributed by atoms with Crippen LogP contribution in [0.1, 0.15) is 12.8 Å². The molecule has 0 radical (unpaired) electrons. The number of piperazine rings is 1. The van der Waals surface area contributed by atoms with Gasteiger partial charge in [-0.15, -0.1) is 0 Å². The highest BCUT2D eigenvalue weighted by atomic mass is 32.2. The summed E-state index contributed by atoms with van der Waals surface area (Å²) >= 11 is 0. The van der Waals surface area contributed by atoms with Gasteiger partial charge >= 0.3 is 0 Å². The molecule has 0 aromatic rings. The molecule has 18 heavy (non-hydrogen) atoms. The van der Waals surface area contributed by atoms with Gasteiger partial charge < -0.3 is 10.2 Å². The Kier molecular flexibility index (Phi) is 4.55. The minimum absolute atomic E-state index is 0.133. The highest BCUT2D eigenvalue weighted by Gasteiger charge is 2.25. The first-order valence-electron chi connectivity index (χ1n) is 6.33. The summed E-state index contributed by atoms with van der Waals surface area (Å²) in [7, 11) is -3.51. The molecule has 104 valence electrons. The van der Waals surface area contributed by atoms with Gasteiger partial charge in [0.15, 0.2) is 0 Å². The molecule has 0 saturated carbocycles. The predicted octanol–water partition coefficient (Wildman–Crippen LogP) is -1.65. The average Bonchev–Trinajstić information content (AvgIpc) is 2.91. The summed E-state index contributed by atoms with van der Waals surface area (Å²) in [5.74, 6) is -0.133. The van der Waals surface area contributed by atoms with Crippen LogP contribution in [0.25, 0.3) is 0 Å². The third-order valence-corrected chi connectivity index (χ3v) is 4.83. The topological polar surface area (TPSA) is 81.8 Å². The zero-order chi connectivity index (χ0) is 13.0. The zero-order valence-electron chi connectivity index (χ0n) is 10.4. The van der Waals surface area contributed by atoms with Crippen LogP contribution in [0.15, 0.2) is 0 Å². The fourth-order valence-corrected chi connectivity index (χ4v) is 3.36. The molecule has 0 spiro atoms. The van der Waals surface area contributed by atoms with Crippen molar-refractivity contribution < 1.29 is 13.2 Å². The minimum Gasteiger partial charge on any atom is -0.342 e. The van der Waals surface area contributed by atoms with Gasteiger partial charge in [-0.25, -0.2) is 0 Å². The fourth-order valence-electron chi connectivity index (χ4n) is 2.21. The monoisotopic (exact) mass is 276 g/mol. The molecule has 0 aliphatic carbocycles. The SMILES string of the molecule is O=C(CNS(=O)(=O)N1CCNCC1)N1CCCC1. The van der Waals surface area contributed by atoms with E-state index >= 15 is 0 Å². The molecule has 2 N–H and O–H groups in total. The van der Waals surface area contributed by atoms with Gasteiger partial charge in [0, 0.05) is 39.3 Å². The second-order valence-electron chi connectivity index (χ2n) is 4.56. The lowest BCUT2D eigenvalue weighted by Crippen LogP contribution is -2.52. The van der Waals surface area contributed by atoms with Crippen LogP contribution in [-0.2, 0) is 15.0 Å². The predicted molar refractivity (Wildman–Crippen MR) is 67.2 cm³/mol. The van der Waals surface area contributed by atoms with Crippen molar-refractivity contribution in [2.75, 3.05) is 45.8 Å². The number of hydrogen-bond donors (Lipinski definition) is 2. The second-order valence-corrected chi connectivity index (χ2v) is 6.32. The first-order chi connectivity index (χ1) is 8.59. The van der Waals surface area contributed by atoms with Crippen LogP contribution in [0.4, 0.5) is 0 Å². The van der Waals surface area contributed by atoms with E-state index in [1.165, 1.54) is 4.31 Å². The molecule has 8 heteroatoms. The van der Waals surface area contributed by atoms with Crippen LogP contribution in [0, 0.1) is 0 Å². The Morgan fingerprint density at radius 1 is 1.11 bits per heavy atom. The summed E-state index contributed by atoms with van der Waals surface area (Å²) in [6, 6.07) is 0. The van der Waals surface area contributed by atoms with E-state index in [0.717, 1.165) is 25.9 Å². The van der Waals surface area contributed by atoms with E-state index in [2.05, 4.69) is 10.0 Å². The first kappa shape index (κ1) is 13.7. The average molecular weight is 276 g/mol. The number of carbonyl (C=O) groups excluding carboxylic acids is 1. The van der Waals surface area contributed by atoms with E-state index in [1.54, 1.807) is 4.90 Å². The molecule has 1 amide bonds. The quantitative estimate of drug-likeness (QED) is 0.644. The van der Waals surface area contributed by atoms with Crippen LogP contribution in [0.2, 0.25) is 0 Å². The Morgan fingerprint density at radius 3 is 2.33 bits per heavy atom. The molecule has 2 rings (SSSR count). The molecule has 0 atom stereocenters. The van der Waals surface area contributed by atoms with Crippen LogP contribution in [0.3, 0.4) is 0 Å². The molecule has 2 heterocycles. The van der Waals surface area contributed by atoms with E-state index in [1.807, 2.05) is 0 Å². The number of amides is 1. The molecule has 0 unspecified atom stereocenters. The van der Waals surface area contributed by atoms with E-state index in [4.69, 9.17) is 0 Å². The van der Waals surface area contributed by atoms with Crippen LogP contribution in [-0.4, -0.2) is 69.3 Å². The third kappa shape index (κ3) is 3.41. The van der Waals surface area contributed by atoms with E-state index in [9.17, 15) is 13.2 Å². The summed E-state index contributed by atoms with van der Waals surface area (Å²) in [5.41, 5.74) is 0. The number of nitrogens with one attached hydrogen (secondary N) is 2. The Labute approximate surface area is 108 Å². The molecule has 0 bridgehead atoms. The number of nitrogens with zero attached hydrogens (tertiary/aromatic N) is 2. The van der Waals surface area contributed by atoms with Crippen LogP contribution >= 0.6 is 0 Å². The lowest BCUT2D eigenvalue weighted by atomic mass is 10.4. The summed E-state index contributed by atoms with van der Waals surface area (Å²) in [6.45, 7) is 3.57. The highest BCUT2D eigenvalue weighted by molar-refractivity contribution is 7.87. The molecule has 2 aliphatic rings. The van der Waals surface area contributed by atoms with Gasteiger partial charge in [-0.1, -0.05) is 0 Å². The van der Waals surface area contributed by atoms with Gasteiger partial charge in [0.1, 0.15) is 0 Å². The van der Waals surface area contributed by atoms with Gasteiger partial charge in [0.25, 0.3) is 10.2 Å². The van der Waals surface area contributed by atoms with Crippen molar-refractivity contribution in [3.05, 3.63) is 0 Å². The van der Waals surface area contributed by atoms with Gasteiger partial charge in [-0.2, -0.15) is 17.4 Å². The normalized spacial score (nSPS) is 22.3. The lowest BCUT2D eigenvalue weighted by Gasteiger charge is -2.26. The van der Waals surface area contributed by atoms with E-state index in [0.29, 0.717) is 26.2 Å². The Balaban J connectivity index is 1.82. The molecule has 2 fully saturated rings. The maximum Gasteiger partial charge on any atom is 0.280 e. The summed E-state index contributed by atoms with van der Waals surface area (Å²) in [4.78, 5) is 13.5. The first-order valence-corrected chi connectivity index (χ1v) is 7.77. The number of carbonyl (C=O) groups is 1. The van der Waals surface area contributed by atoms with Crippen molar-refractivity contribution in [2.45, 2.75) is 12.8 Å². The fraction of sp³-hybridized carbons (Fsp3) is 0.900. The van der Waals surface area contributed by atoms with Crippen molar-refractivity contribution in [1.29, 1.82) is 0 Å². The van der Waals surface area contributed by atoms with Crippen molar-refractivity contribution in [2.24, 2.45) is 0 Å². The summed E-state index contributed by atoms with van der Waals surface area (Å²) in [6.07, 6.45) is 2.02. The van der Waals surface area contributed by atoms with E-state index in [-0.39, 0.29) is 12.5 Å². The molecular formula is C10H20N4O3S. The Bertz CT molecular complexity index is 386. The molecule has 2 saturated heterocycles. The number of likely N-dealkylation sites (tertiary alicyclic amines) is 1. The van der Waals surface area contributed by atoms with Gasteiger partial charge in [-0.05, 0) is 12.8 Å². The standard InChI is InChI=1S/C10H20N4O3S/c15-10(13-5-1-2-6-13)9-12-18(16,17)14-7-3-11-4-8-14/h11-12H,1-9H2. The molecule has 7 nitrogen and oxygen atoms in total. The smallest absolute Gasteiger partial charge is 0.280 e. The Morgan fingerprint density at radius 2 is 1.72 bits per heavy atom. The highest BCUT2D eigenvalue weighted by Crippen LogP contribution is 2.07. The second kappa shape index (κ2) is 5.96. The van der Waals surface area contributed by atoms with Crippen molar-refractivity contribution in [1.82, 2.24) is 19.2 Å². The summed E-state index contributed by atoms with van der Waals surface area (Å²) < 4.78 is 27.6. The minimum atomic E-state index is -3.51. The maximum atomic E-state index is 11.9. The van der Waals surface area contributed by atoms with Gasteiger partial charge in [-0.3, -0.25) is 4.79 Å². The lowest BCUT2D eigenvalue weighted by molar-refractivity contribution is -0.128. The third-order valence-electron chi connectivity index (χ3n) is 3.28.